The molecule has 1 aliphatic heterocycles. The van der Waals surface area contributed by atoms with E-state index in [9.17, 15) is 0 Å². The molecule has 0 amide bonds. The molecule has 5 nitrogen and oxygen atoms in total. The Kier molecular flexibility index (Phi) is 3.79. The summed E-state index contributed by atoms with van der Waals surface area (Å²) in [6.45, 7) is 4.80. The maximum absolute atomic E-state index is 5.76. The average molecular weight is 310 g/mol. The number of para-hydroxylation sites is 2. The minimum Gasteiger partial charge on any atom is -0.464 e. The van der Waals surface area contributed by atoms with Gasteiger partial charge in [0.2, 0.25) is 5.95 Å². The largest absolute Gasteiger partial charge is 0.464 e. The SMILES string of the molecule is Cc1ccc(Cn2c(NC3CCNCC3)nc3ccccc32)o1. The third-order valence-corrected chi connectivity index (χ3v) is 4.44. The quantitative estimate of drug-likeness (QED) is 0.777. The molecule has 0 radical (unpaired) electrons. The number of hydrogen-bond donors (Lipinski definition) is 2. The van der Waals surface area contributed by atoms with Gasteiger partial charge in [0.1, 0.15) is 11.5 Å². The topological polar surface area (TPSA) is 55.0 Å². The van der Waals surface area contributed by atoms with Gasteiger partial charge >= 0.3 is 0 Å². The number of benzene rings is 1. The highest BCUT2D eigenvalue weighted by Crippen LogP contribution is 2.23. The zero-order valence-electron chi connectivity index (χ0n) is 13.4. The Morgan fingerprint density at radius 2 is 2.04 bits per heavy atom. The Hall–Kier alpha value is -2.27. The summed E-state index contributed by atoms with van der Waals surface area (Å²) in [5, 5.41) is 7.04. The standard InChI is InChI=1S/C18H22N4O/c1-13-6-7-15(23-13)12-22-17-5-3-2-4-16(17)21-18(22)20-14-8-10-19-11-9-14/h2-7,14,19H,8-12H2,1H3,(H,20,21). The maximum Gasteiger partial charge on any atom is 0.204 e. The lowest BCUT2D eigenvalue weighted by Gasteiger charge is -2.24. The predicted molar refractivity (Wildman–Crippen MR) is 91.8 cm³/mol. The maximum atomic E-state index is 5.76. The van der Waals surface area contributed by atoms with Crippen molar-refractivity contribution in [1.29, 1.82) is 0 Å². The third-order valence-electron chi connectivity index (χ3n) is 4.44. The minimum atomic E-state index is 0.477. The van der Waals surface area contributed by atoms with Crippen molar-refractivity contribution in [2.24, 2.45) is 0 Å². The zero-order chi connectivity index (χ0) is 15.6. The van der Waals surface area contributed by atoms with Crippen LogP contribution in [0.3, 0.4) is 0 Å². The first-order chi connectivity index (χ1) is 11.3. The highest BCUT2D eigenvalue weighted by Gasteiger charge is 2.18. The molecule has 0 spiro atoms. The molecule has 4 rings (SSSR count). The summed E-state index contributed by atoms with van der Waals surface area (Å²) in [7, 11) is 0. The number of nitrogens with one attached hydrogen (secondary N) is 2. The van der Waals surface area contributed by atoms with Crippen LogP contribution in [0.2, 0.25) is 0 Å². The van der Waals surface area contributed by atoms with Gasteiger partial charge in [-0.15, -0.1) is 0 Å². The monoisotopic (exact) mass is 310 g/mol. The first kappa shape index (κ1) is 14.3. The van der Waals surface area contributed by atoms with Gasteiger partial charge in [-0.3, -0.25) is 0 Å². The summed E-state index contributed by atoms with van der Waals surface area (Å²) < 4.78 is 7.98. The summed E-state index contributed by atoms with van der Waals surface area (Å²) in [5.41, 5.74) is 2.16. The third kappa shape index (κ3) is 2.97. The van der Waals surface area contributed by atoms with E-state index >= 15 is 0 Å². The van der Waals surface area contributed by atoms with Crippen LogP contribution in [0.5, 0.6) is 0 Å². The van der Waals surface area contributed by atoms with Crippen molar-refractivity contribution in [3.8, 4) is 0 Å². The molecule has 1 fully saturated rings. The molecule has 1 saturated heterocycles. The van der Waals surface area contributed by atoms with E-state index in [2.05, 4.69) is 33.4 Å². The van der Waals surface area contributed by atoms with Crippen LogP contribution in [0.25, 0.3) is 11.0 Å². The molecule has 3 aromatic rings. The predicted octanol–water partition coefficient (Wildman–Crippen LogP) is 3.15. The van der Waals surface area contributed by atoms with E-state index in [1.54, 1.807) is 0 Å². The molecule has 0 atom stereocenters. The molecule has 0 bridgehead atoms. The lowest BCUT2D eigenvalue weighted by Crippen LogP contribution is -2.36. The summed E-state index contributed by atoms with van der Waals surface area (Å²) in [5.74, 6) is 2.84. The number of piperidine rings is 1. The van der Waals surface area contributed by atoms with Gasteiger partial charge in [0.15, 0.2) is 0 Å². The number of rotatable bonds is 4. The number of aromatic nitrogens is 2. The summed E-state index contributed by atoms with van der Waals surface area (Å²) >= 11 is 0. The van der Waals surface area contributed by atoms with Crippen LogP contribution >= 0.6 is 0 Å². The lowest BCUT2D eigenvalue weighted by atomic mass is 10.1. The number of nitrogens with zero attached hydrogens (tertiary/aromatic N) is 2. The van der Waals surface area contributed by atoms with Gasteiger partial charge < -0.3 is 19.6 Å². The van der Waals surface area contributed by atoms with Crippen molar-refractivity contribution in [1.82, 2.24) is 14.9 Å². The van der Waals surface area contributed by atoms with E-state index in [-0.39, 0.29) is 0 Å². The molecule has 3 heterocycles. The Morgan fingerprint density at radius 1 is 1.22 bits per heavy atom. The average Bonchev–Trinajstić information content (AvgIpc) is 3.13. The second-order valence-electron chi connectivity index (χ2n) is 6.19. The Bertz CT molecular complexity index is 798. The van der Waals surface area contributed by atoms with Crippen LogP contribution in [-0.4, -0.2) is 28.7 Å². The summed E-state index contributed by atoms with van der Waals surface area (Å²) in [4.78, 5) is 4.80. The number of anilines is 1. The highest BCUT2D eigenvalue weighted by molar-refractivity contribution is 5.78. The van der Waals surface area contributed by atoms with Crippen molar-refractivity contribution in [2.75, 3.05) is 18.4 Å². The fourth-order valence-corrected chi connectivity index (χ4v) is 3.22. The van der Waals surface area contributed by atoms with Crippen LogP contribution in [0, 0.1) is 6.92 Å². The van der Waals surface area contributed by atoms with Crippen LogP contribution in [0.15, 0.2) is 40.8 Å². The smallest absolute Gasteiger partial charge is 0.204 e. The summed E-state index contributed by atoms with van der Waals surface area (Å²) in [6, 6.07) is 12.8. The molecule has 0 aliphatic carbocycles. The molecule has 0 unspecified atom stereocenters. The van der Waals surface area contributed by atoms with Crippen LogP contribution in [0.4, 0.5) is 5.95 Å². The van der Waals surface area contributed by atoms with E-state index in [0.29, 0.717) is 12.6 Å². The van der Waals surface area contributed by atoms with Crippen molar-refractivity contribution >= 4 is 17.0 Å². The first-order valence-corrected chi connectivity index (χ1v) is 8.27. The highest BCUT2D eigenvalue weighted by atomic mass is 16.3. The second kappa shape index (κ2) is 6.08. The van der Waals surface area contributed by atoms with Crippen LogP contribution in [-0.2, 0) is 6.54 Å². The van der Waals surface area contributed by atoms with Crippen molar-refractivity contribution in [3.63, 3.8) is 0 Å². The number of hydrogen-bond acceptors (Lipinski definition) is 4. The normalized spacial score (nSPS) is 16.0. The van der Waals surface area contributed by atoms with Gasteiger partial charge in [-0.25, -0.2) is 4.98 Å². The summed E-state index contributed by atoms with van der Waals surface area (Å²) in [6.07, 6.45) is 2.26. The van der Waals surface area contributed by atoms with Gasteiger partial charge in [-0.05, 0) is 57.1 Å². The van der Waals surface area contributed by atoms with Gasteiger partial charge in [0.05, 0.1) is 17.6 Å². The van der Waals surface area contributed by atoms with E-state index in [4.69, 9.17) is 9.40 Å². The van der Waals surface area contributed by atoms with E-state index in [1.807, 2.05) is 25.1 Å². The Morgan fingerprint density at radius 3 is 2.83 bits per heavy atom. The fourth-order valence-electron chi connectivity index (χ4n) is 3.22. The molecule has 1 aromatic carbocycles. The number of fused-ring (bicyclic) bond motifs is 1. The van der Waals surface area contributed by atoms with Gasteiger partial charge in [-0.1, -0.05) is 12.1 Å². The minimum absolute atomic E-state index is 0.477. The molecule has 5 heteroatoms. The first-order valence-electron chi connectivity index (χ1n) is 8.27. The van der Waals surface area contributed by atoms with E-state index in [1.165, 1.54) is 0 Å². The lowest BCUT2D eigenvalue weighted by molar-refractivity contribution is 0.464. The molecule has 0 saturated carbocycles. The molecule has 23 heavy (non-hydrogen) atoms. The Labute approximate surface area is 135 Å². The number of aryl methyl sites for hydroxylation is 1. The van der Waals surface area contributed by atoms with Gasteiger partial charge in [0.25, 0.3) is 0 Å². The van der Waals surface area contributed by atoms with Crippen molar-refractivity contribution in [2.45, 2.75) is 32.4 Å². The number of furan rings is 1. The van der Waals surface area contributed by atoms with Gasteiger partial charge in [-0.2, -0.15) is 0 Å². The molecule has 1 aliphatic rings. The number of imidazole rings is 1. The molecule has 2 N–H and O–H groups in total. The Balaban J connectivity index is 1.68. The molecule has 120 valence electrons. The fraction of sp³-hybridized carbons (Fsp3) is 0.389. The van der Waals surface area contributed by atoms with Gasteiger partial charge in [0, 0.05) is 6.04 Å². The van der Waals surface area contributed by atoms with E-state index < -0.39 is 0 Å². The van der Waals surface area contributed by atoms with E-state index in [0.717, 1.165) is 54.4 Å². The molecular formula is C18H22N4O. The van der Waals surface area contributed by atoms with Crippen molar-refractivity contribution in [3.05, 3.63) is 47.9 Å². The van der Waals surface area contributed by atoms with Crippen molar-refractivity contribution < 1.29 is 4.42 Å². The second-order valence-corrected chi connectivity index (χ2v) is 6.19. The van der Waals surface area contributed by atoms with Crippen LogP contribution in [0.1, 0.15) is 24.4 Å². The molecule has 2 aromatic heterocycles. The zero-order valence-corrected chi connectivity index (χ0v) is 13.4. The molecular weight excluding hydrogens is 288 g/mol. The van der Waals surface area contributed by atoms with Crippen LogP contribution < -0.4 is 10.6 Å².